The quantitative estimate of drug-likeness (QED) is 0.674. The van der Waals surface area contributed by atoms with Crippen LogP contribution >= 0.6 is 0 Å². The summed E-state index contributed by atoms with van der Waals surface area (Å²) in [7, 11) is 0. The van der Waals surface area contributed by atoms with E-state index in [1.165, 1.54) is 28.3 Å². The van der Waals surface area contributed by atoms with Crippen molar-refractivity contribution in [3.05, 3.63) is 27.6 Å². The third-order valence-electron chi connectivity index (χ3n) is 5.94. The Balaban J connectivity index is 1.85. The first-order valence-corrected chi connectivity index (χ1v) is 11.0. The molecular weight excluding hydrogens is 382 g/mol. The zero-order valence-corrected chi connectivity index (χ0v) is 17.7. The number of allylic oxidation sites excluding steroid dienone is 1. The second kappa shape index (κ2) is 8.16. The van der Waals surface area contributed by atoms with Gasteiger partial charge in [-0.3, -0.25) is 14.2 Å². The number of carbonyl (C=O) groups excluding carboxylic acids is 1. The van der Waals surface area contributed by atoms with E-state index in [1.807, 2.05) is 19.9 Å². The van der Waals surface area contributed by atoms with Gasteiger partial charge in [-0.05, 0) is 37.5 Å². The number of anilines is 1. The van der Waals surface area contributed by atoms with E-state index in [9.17, 15) is 14.7 Å². The number of nitrogens with two attached hydrogens (primary N) is 1. The van der Waals surface area contributed by atoms with Crippen LogP contribution in [0.5, 0.6) is 5.88 Å². The third-order valence-corrected chi connectivity index (χ3v) is 5.94. The monoisotopic (exact) mass is 413 g/mol. The van der Waals surface area contributed by atoms with Crippen LogP contribution in [0.3, 0.4) is 0 Å². The van der Waals surface area contributed by atoms with E-state index in [0.717, 1.165) is 25.7 Å². The first kappa shape index (κ1) is 20.5. The van der Waals surface area contributed by atoms with Crippen molar-refractivity contribution in [3.8, 4) is 5.88 Å². The Labute approximate surface area is 175 Å². The summed E-state index contributed by atoms with van der Waals surface area (Å²) in [4.78, 5) is 26.0. The fourth-order valence-corrected chi connectivity index (χ4v) is 4.21. The van der Waals surface area contributed by atoms with Crippen LogP contribution < -0.4 is 16.6 Å². The van der Waals surface area contributed by atoms with Crippen molar-refractivity contribution in [3.63, 3.8) is 0 Å². The topological polar surface area (TPSA) is 115 Å². The van der Waals surface area contributed by atoms with Gasteiger partial charge in [0.2, 0.25) is 5.88 Å². The molecule has 0 saturated heterocycles. The molecule has 2 aliphatic rings. The second-order valence-corrected chi connectivity index (χ2v) is 9.05. The predicted molar refractivity (Wildman–Crippen MR) is 116 cm³/mol. The maximum absolute atomic E-state index is 13.3. The highest BCUT2D eigenvalue weighted by Crippen LogP contribution is 2.29. The Hall–Kier alpha value is -2.77. The number of carbonyl (C=O) groups is 1. The first-order valence-electron chi connectivity index (χ1n) is 11.0. The average Bonchev–Trinajstić information content (AvgIpc) is 3.45. The van der Waals surface area contributed by atoms with Crippen LogP contribution in [-0.2, 0) is 6.54 Å². The lowest BCUT2D eigenvalue weighted by Gasteiger charge is -2.18. The molecule has 8 nitrogen and oxygen atoms in total. The number of rotatable bonds is 6. The lowest BCUT2D eigenvalue weighted by Crippen LogP contribution is -2.36. The normalized spacial score (nSPS) is 18.0. The molecule has 2 fully saturated rings. The molecule has 2 saturated carbocycles. The number of aromatic nitrogens is 3. The van der Waals surface area contributed by atoms with Gasteiger partial charge in [0.25, 0.3) is 11.5 Å². The minimum absolute atomic E-state index is 0.0715. The molecular formula is C22H31N5O3. The predicted octanol–water partition coefficient (Wildman–Crippen LogP) is 2.93. The molecule has 0 radical (unpaired) electrons. The Morgan fingerprint density at radius 2 is 1.97 bits per heavy atom. The van der Waals surface area contributed by atoms with E-state index < -0.39 is 17.3 Å². The number of nitrogens with one attached hydrogen (secondary N) is 1. The number of aromatic hydroxyl groups is 1. The molecule has 2 heterocycles. The maximum atomic E-state index is 13.3. The van der Waals surface area contributed by atoms with E-state index in [4.69, 9.17) is 5.73 Å². The molecule has 0 aliphatic heterocycles. The fourth-order valence-electron chi connectivity index (χ4n) is 4.21. The van der Waals surface area contributed by atoms with Crippen molar-refractivity contribution >= 4 is 23.4 Å². The molecule has 0 unspecified atom stereocenters. The van der Waals surface area contributed by atoms with Crippen molar-refractivity contribution in [1.29, 1.82) is 0 Å². The molecule has 4 N–H and O–H groups in total. The van der Waals surface area contributed by atoms with Gasteiger partial charge in [0, 0.05) is 12.6 Å². The number of nitrogens with zero attached hydrogens (tertiary/aromatic N) is 3. The number of nitrogen functional groups attached to an aromatic ring is 1. The maximum Gasteiger partial charge on any atom is 0.270 e. The molecule has 8 heteroatoms. The minimum Gasteiger partial charge on any atom is -0.492 e. The Morgan fingerprint density at radius 1 is 1.27 bits per heavy atom. The van der Waals surface area contributed by atoms with Crippen molar-refractivity contribution in [1.82, 2.24) is 19.5 Å². The SMILES string of the molecule is CC(C)Cn1c(=O)c(C(=O)NC2CC2)c(O)n2nc(N)c(/C=C/C3CCCCC3)c12. The van der Waals surface area contributed by atoms with Gasteiger partial charge in [-0.25, -0.2) is 0 Å². The van der Waals surface area contributed by atoms with E-state index in [2.05, 4.69) is 16.5 Å². The van der Waals surface area contributed by atoms with Crippen LogP contribution in [-0.4, -0.2) is 31.2 Å². The molecule has 0 spiro atoms. The largest absolute Gasteiger partial charge is 0.492 e. The summed E-state index contributed by atoms with van der Waals surface area (Å²) >= 11 is 0. The van der Waals surface area contributed by atoms with Gasteiger partial charge >= 0.3 is 0 Å². The summed E-state index contributed by atoms with van der Waals surface area (Å²) in [6, 6.07) is 0.0715. The standard InChI is InChI=1S/C22H31N5O3/c1-13(2)12-26-20-16(11-8-14-6-4-3-5-7-14)18(23)25-27(20)22(30)17(21(26)29)19(28)24-15-9-10-15/h8,11,13-15,30H,3-7,9-10,12H2,1-2H3,(H2,23,25)(H,24,28)/b11-8+. The minimum atomic E-state index is -0.562. The third kappa shape index (κ3) is 3.95. The van der Waals surface area contributed by atoms with Crippen molar-refractivity contribution in [2.45, 2.75) is 71.4 Å². The molecule has 1 amide bonds. The molecule has 2 aliphatic carbocycles. The second-order valence-electron chi connectivity index (χ2n) is 9.05. The van der Waals surface area contributed by atoms with E-state index in [1.54, 1.807) is 0 Å². The summed E-state index contributed by atoms with van der Waals surface area (Å²) in [6.45, 7) is 4.38. The summed E-state index contributed by atoms with van der Waals surface area (Å²) in [5.74, 6) is -0.156. The van der Waals surface area contributed by atoms with Crippen LogP contribution in [0, 0.1) is 11.8 Å². The van der Waals surface area contributed by atoms with E-state index in [-0.39, 0.29) is 23.3 Å². The molecule has 2 aromatic rings. The smallest absolute Gasteiger partial charge is 0.270 e. The summed E-state index contributed by atoms with van der Waals surface area (Å²) in [6.07, 6.45) is 11.8. The number of amides is 1. The van der Waals surface area contributed by atoms with Crippen LogP contribution in [0.1, 0.15) is 74.7 Å². The van der Waals surface area contributed by atoms with Crippen LogP contribution in [0.15, 0.2) is 10.9 Å². The number of fused-ring (bicyclic) bond motifs is 1. The van der Waals surface area contributed by atoms with Gasteiger partial charge in [-0.1, -0.05) is 45.3 Å². The molecule has 0 atom stereocenters. The van der Waals surface area contributed by atoms with Crippen LogP contribution in [0.2, 0.25) is 0 Å². The van der Waals surface area contributed by atoms with Gasteiger partial charge in [0.15, 0.2) is 17.0 Å². The van der Waals surface area contributed by atoms with Crippen LogP contribution in [0.4, 0.5) is 5.82 Å². The molecule has 2 aromatic heterocycles. The highest BCUT2D eigenvalue weighted by Gasteiger charge is 2.30. The summed E-state index contributed by atoms with van der Waals surface area (Å²) < 4.78 is 2.76. The molecule has 0 bridgehead atoms. The molecule has 162 valence electrons. The van der Waals surface area contributed by atoms with Crippen molar-refractivity contribution in [2.75, 3.05) is 5.73 Å². The highest BCUT2D eigenvalue weighted by atomic mass is 16.3. The fraction of sp³-hybridized carbons (Fsp3) is 0.591. The zero-order chi connectivity index (χ0) is 21.4. The first-order chi connectivity index (χ1) is 14.4. The summed E-state index contributed by atoms with van der Waals surface area (Å²) in [5.41, 5.74) is 6.45. The van der Waals surface area contributed by atoms with Gasteiger partial charge in [0.1, 0.15) is 0 Å². The number of hydrogen-bond donors (Lipinski definition) is 3. The van der Waals surface area contributed by atoms with Crippen molar-refractivity contribution in [2.24, 2.45) is 11.8 Å². The Kier molecular flexibility index (Phi) is 5.58. The van der Waals surface area contributed by atoms with Gasteiger partial charge < -0.3 is 16.2 Å². The lowest BCUT2D eigenvalue weighted by atomic mass is 9.89. The molecule has 4 rings (SSSR count). The van der Waals surface area contributed by atoms with Gasteiger partial charge in [-0.15, -0.1) is 5.10 Å². The molecule has 0 aromatic carbocycles. The van der Waals surface area contributed by atoms with Gasteiger partial charge in [-0.2, -0.15) is 4.52 Å². The van der Waals surface area contributed by atoms with E-state index in [0.29, 0.717) is 23.7 Å². The Bertz CT molecular complexity index is 1040. The Morgan fingerprint density at radius 3 is 2.60 bits per heavy atom. The summed E-state index contributed by atoms with van der Waals surface area (Å²) in [5, 5.41) is 17.9. The van der Waals surface area contributed by atoms with Crippen molar-refractivity contribution < 1.29 is 9.90 Å². The van der Waals surface area contributed by atoms with Crippen LogP contribution in [0.25, 0.3) is 11.7 Å². The average molecular weight is 414 g/mol. The van der Waals surface area contributed by atoms with E-state index >= 15 is 0 Å². The lowest BCUT2D eigenvalue weighted by molar-refractivity contribution is 0.0944. The molecule has 30 heavy (non-hydrogen) atoms. The van der Waals surface area contributed by atoms with Gasteiger partial charge in [0.05, 0.1) is 5.56 Å². The number of hydrogen-bond acceptors (Lipinski definition) is 5. The highest BCUT2D eigenvalue weighted by molar-refractivity contribution is 5.97. The zero-order valence-electron chi connectivity index (χ0n) is 17.7.